The molecule has 108 valence electrons. The maximum atomic E-state index is 12.2. The lowest BCUT2D eigenvalue weighted by Gasteiger charge is -2.36. The van der Waals surface area contributed by atoms with Crippen molar-refractivity contribution < 1.29 is 14.3 Å². The zero-order valence-corrected chi connectivity index (χ0v) is 12.0. The highest BCUT2D eigenvalue weighted by Crippen LogP contribution is 2.55. The SMILES string of the molecule is O=C1C=CC2(OCC(=O)N2Cc2ccccc2Cl)C2CC12. The summed E-state index contributed by atoms with van der Waals surface area (Å²) in [6, 6.07) is 7.48. The number of allylic oxidation sites excluding steroid dienone is 1. The summed E-state index contributed by atoms with van der Waals surface area (Å²) in [4.78, 5) is 25.7. The molecule has 0 aromatic heterocycles. The predicted molar refractivity (Wildman–Crippen MR) is 76.4 cm³/mol. The Kier molecular flexibility index (Phi) is 2.75. The van der Waals surface area contributed by atoms with Crippen molar-refractivity contribution in [3.63, 3.8) is 0 Å². The van der Waals surface area contributed by atoms with E-state index in [2.05, 4.69) is 0 Å². The molecule has 5 heteroatoms. The fraction of sp³-hybridized carbons (Fsp3) is 0.375. The topological polar surface area (TPSA) is 46.6 Å². The van der Waals surface area contributed by atoms with Gasteiger partial charge in [0.25, 0.3) is 5.91 Å². The molecule has 0 radical (unpaired) electrons. The van der Waals surface area contributed by atoms with Crippen LogP contribution < -0.4 is 0 Å². The Morgan fingerprint density at radius 2 is 2.14 bits per heavy atom. The van der Waals surface area contributed by atoms with Crippen LogP contribution in [0.3, 0.4) is 0 Å². The number of nitrogens with zero attached hydrogens (tertiary/aromatic N) is 1. The summed E-state index contributed by atoms with van der Waals surface area (Å²) in [5, 5.41) is 0.635. The van der Waals surface area contributed by atoms with Crippen molar-refractivity contribution in [2.75, 3.05) is 6.61 Å². The third-order valence-corrected chi connectivity index (χ3v) is 4.98. The minimum absolute atomic E-state index is 0.00893. The Bertz CT molecular complexity index is 671. The van der Waals surface area contributed by atoms with E-state index in [-0.39, 0.29) is 30.1 Å². The lowest BCUT2D eigenvalue weighted by Crippen LogP contribution is -2.48. The Morgan fingerprint density at radius 1 is 1.33 bits per heavy atom. The second-order valence-corrected chi connectivity index (χ2v) is 6.20. The summed E-state index contributed by atoms with van der Waals surface area (Å²) in [6.45, 7) is 0.465. The fourth-order valence-electron chi connectivity index (χ4n) is 3.40. The molecule has 1 aromatic rings. The first kappa shape index (κ1) is 13.0. The number of halogens is 1. The minimum atomic E-state index is -0.755. The molecule has 4 nitrogen and oxygen atoms in total. The number of amides is 1. The van der Waals surface area contributed by atoms with Crippen molar-refractivity contribution in [3.05, 3.63) is 47.0 Å². The van der Waals surface area contributed by atoms with E-state index < -0.39 is 5.72 Å². The zero-order valence-electron chi connectivity index (χ0n) is 11.3. The number of benzene rings is 1. The maximum absolute atomic E-state index is 12.2. The van der Waals surface area contributed by atoms with Crippen molar-refractivity contribution in [2.24, 2.45) is 11.8 Å². The van der Waals surface area contributed by atoms with Crippen molar-refractivity contribution in [2.45, 2.75) is 18.7 Å². The van der Waals surface area contributed by atoms with Crippen LogP contribution in [0.2, 0.25) is 5.02 Å². The van der Waals surface area contributed by atoms with E-state index in [9.17, 15) is 9.59 Å². The molecule has 1 heterocycles. The number of ether oxygens (including phenoxy) is 1. The van der Waals surface area contributed by atoms with Crippen molar-refractivity contribution in [3.8, 4) is 0 Å². The van der Waals surface area contributed by atoms with Crippen LogP contribution >= 0.6 is 11.6 Å². The van der Waals surface area contributed by atoms with Crippen LogP contribution in [-0.4, -0.2) is 28.9 Å². The monoisotopic (exact) mass is 303 g/mol. The van der Waals surface area contributed by atoms with E-state index in [0.717, 1.165) is 12.0 Å². The van der Waals surface area contributed by atoms with Gasteiger partial charge >= 0.3 is 0 Å². The van der Waals surface area contributed by atoms with E-state index in [0.29, 0.717) is 11.6 Å². The molecule has 4 rings (SSSR count). The van der Waals surface area contributed by atoms with Gasteiger partial charge in [-0.1, -0.05) is 29.8 Å². The van der Waals surface area contributed by atoms with E-state index in [1.54, 1.807) is 17.1 Å². The van der Waals surface area contributed by atoms with Crippen LogP contribution in [0.25, 0.3) is 0 Å². The van der Waals surface area contributed by atoms with Crippen LogP contribution in [0.15, 0.2) is 36.4 Å². The highest BCUT2D eigenvalue weighted by molar-refractivity contribution is 6.31. The zero-order chi connectivity index (χ0) is 14.6. The molecule has 0 N–H and O–H groups in total. The summed E-state index contributed by atoms with van der Waals surface area (Å²) in [6.07, 6.45) is 4.11. The van der Waals surface area contributed by atoms with Gasteiger partial charge in [-0.15, -0.1) is 0 Å². The molecule has 1 saturated heterocycles. The van der Waals surface area contributed by atoms with Crippen molar-refractivity contribution >= 4 is 23.3 Å². The number of fused-ring (bicyclic) bond motifs is 2. The summed E-state index contributed by atoms with van der Waals surface area (Å²) in [5.41, 5.74) is 0.134. The first-order valence-corrected chi connectivity index (χ1v) is 7.40. The molecule has 1 spiro atoms. The largest absolute Gasteiger partial charge is 0.342 e. The average molecular weight is 304 g/mol. The van der Waals surface area contributed by atoms with Gasteiger partial charge in [0.15, 0.2) is 11.5 Å². The molecule has 2 fully saturated rings. The Hall–Kier alpha value is -1.65. The second-order valence-electron chi connectivity index (χ2n) is 5.80. The van der Waals surface area contributed by atoms with E-state index >= 15 is 0 Å². The van der Waals surface area contributed by atoms with E-state index in [1.165, 1.54) is 0 Å². The molecule has 3 unspecified atom stereocenters. The normalized spacial score (nSPS) is 33.7. The molecule has 1 aromatic carbocycles. The molecule has 0 bridgehead atoms. The Balaban J connectivity index is 1.70. The number of ketones is 1. The molecule has 1 aliphatic heterocycles. The number of hydrogen-bond donors (Lipinski definition) is 0. The molecule has 3 atom stereocenters. The van der Waals surface area contributed by atoms with Gasteiger partial charge in [-0.25, -0.2) is 0 Å². The highest BCUT2D eigenvalue weighted by atomic mass is 35.5. The number of carbonyl (C=O) groups excluding carboxylic acids is 2. The number of carbonyl (C=O) groups is 2. The fourth-order valence-corrected chi connectivity index (χ4v) is 3.59. The third kappa shape index (κ3) is 1.86. The minimum Gasteiger partial charge on any atom is -0.342 e. The van der Waals surface area contributed by atoms with Gasteiger partial charge in [-0.3, -0.25) is 9.59 Å². The van der Waals surface area contributed by atoms with E-state index in [4.69, 9.17) is 16.3 Å². The molecule has 2 aliphatic carbocycles. The number of rotatable bonds is 2. The Morgan fingerprint density at radius 3 is 2.95 bits per heavy atom. The predicted octanol–water partition coefficient (Wildman–Crippen LogP) is 2.17. The van der Waals surface area contributed by atoms with Crippen molar-refractivity contribution in [1.82, 2.24) is 4.90 Å². The smallest absolute Gasteiger partial charge is 0.251 e. The van der Waals surface area contributed by atoms with Crippen LogP contribution in [0.5, 0.6) is 0 Å². The van der Waals surface area contributed by atoms with Crippen LogP contribution in [0, 0.1) is 11.8 Å². The lowest BCUT2D eigenvalue weighted by molar-refractivity contribution is -0.134. The third-order valence-electron chi connectivity index (χ3n) is 4.61. The summed E-state index contributed by atoms with van der Waals surface area (Å²) in [5.74, 6) is 0.185. The average Bonchev–Trinajstić information content (AvgIpc) is 3.23. The summed E-state index contributed by atoms with van der Waals surface area (Å²) in [7, 11) is 0. The quantitative estimate of drug-likeness (QED) is 0.841. The Labute approximate surface area is 127 Å². The van der Waals surface area contributed by atoms with Gasteiger partial charge < -0.3 is 9.64 Å². The van der Waals surface area contributed by atoms with Gasteiger partial charge in [0.2, 0.25) is 0 Å². The first-order chi connectivity index (χ1) is 10.1. The highest BCUT2D eigenvalue weighted by Gasteiger charge is 2.63. The molecule has 21 heavy (non-hydrogen) atoms. The first-order valence-electron chi connectivity index (χ1n) is 7.03. The lowest BCUT2D eigenvalue weighted by atomic mass is 9.96. The second kappa shape index (κ2) is 4.42. The molecule has 1 amide bonds. The molecular formula is C16H14ClNO3. The van der Waals surface area contributed by atoms with Gasteiger partial charge in [0.1, 0.15) is 6.61 Å². The van der Waals surface area contributed by atoms with Gasteiger partial charge in [-0.2, -0.15) is 0 Å². The number of hydrogen-bond acceptors (Lipinski definition) is 3. The summed E-state index contributed by atoms with van der Waals surface area (Å²) >= 11 is 6.20. The van der Waals surface area contributed by atoms with Crippen molar-refractivity contribution in [1.29, 1.82) is 0 Å². The molecular weight excluding hydrogens is 290 g/mol. The van der Waals surface area contributed by atoms with Gasteiger partial charge in [-0.05, 0) is 30.2 Å². The maximum Gasteiger partial charge on any atom is 0.251 e. The van der Waals surface area contributed by atoms with E-state index in [1.807, 2.05) is 24.3 Å². The van der Waals surface area contributed by atoms with Crippen LogP contribution in [0.1, 0.15) is 12.0 Å². The van der Waals surface area contributed by atoms with Gasteiger partial charge in [0, 0.05) is 16.9 Å². The summed E-state index contributed by atoms with van der Waals surface area (Å²) < 4.78 is 5.81. The molecule has 3 aliphatic rings. The standard InChI is InChI=1S/C16H14ClNO3/c17-13-4-2-1-3-10(13)8-18-15(20)9-21-16(18)6-5-14(19)11-7-12(11)16/h1-6,11-12H,7-9H2. The molecule has 1 saturated carbocycles. The van der Waals surface area contributed by atoms with Crippen LogP contribution in [0.4, 0.5) is 0 Å². The van der Waals surface area contributed by atoms with Crippen LogP contribution in [-0.2, 0) is 20.9 Å². The van der Waals surface area contributed by atoms with Gasteiger partial charge in [0.05, 0.1) is 6.54 Å².